The zero-order chi connectivity index (χ0) is 99.0. The summed E-state index contributed by atoms with van der Waals surface area (Å²) in [4.78, 5) is 7.17. The molecule has 0 unspecified atom stereocenters. The molecule has 0 saturated heterocycles. The van der Waals surface area contributed by atoms with Crippen LogP contribution in [-0.4, -0.2) is 6.71 Å². The van der Waals surface area contributed by atoms with Gasteiger partial charge in [-0.3, -0.25) is 0 Å². The van der Waals surface area contributed by atoms with Gasteiger partial charge in [0.15, 0.2) is 0 Å². The molecule has 0 spiro atoms. The Morgan fingerprint density at radius 3 is 0.891 bits per heavy atom. The second kappa shape index (κ2) is 28.1. The molecular formula is C104H72BN5. The predicted molar refractivity (Wildman–Crippen MR) is 467 cm³/mol. The van der Waals surface area contributed by atoms with Crippen molar-refractivity contribution in [3.05, 3.63) is 436 Å². The van der Waals surface area contributed by atoms with Crippen molar-refractivity contribution in [2.45, 2.75) is 0 Å². The lowest BCUT2D eigenvalue weighted by atomic mass is 9.33. The minimum absolute atomic E-state index is 0.0290. The van der Waals surface area contributed by atoms with Gasteiger partial charge in [0.2, 0.25) is 0 Å². The monoisotopic (exact) mass is 1430 g/mol. The lowest BCUT2D eigenvalue weighted by Gasteiger charge is -2.46. The maximum Gasteiger partial charge on any atom is 0.252 e. The molecule has 0 N–H and O–H groups in total. The third kappa shape index (κ3) is 11.4. The molecule has 0 aliphatic carbocycles. The van der Waals surface area contributed by atoms with Crippen molar-refractivity contribution in [1.82, 2.24) is 0 Å². The van der Waals surface area contributed by atoms with Crippen LogP contribution in [0.2, 0.25) is 0 Å². The van der Waals surface area contributed by atoms with Gasteiger partial charge in [-0.25, -0.2) is 0 Å². The molecule has 0 fully saturated rings. The number of hydrogen-bond acceptors (Lipinski definition) is 5. The van der Waals surface area contributed by atoms with Crippen LogP contribution in [-0.2, 0) is 0 Å². The summed E-state index contributed by atoms with van der Waals surface area (Å²) in [5, 5.41) is 1.31. The summed E-state index contributed by atoms with van der Waals surface area (Å²) in [5.41, 5.74) is 4.40. The summed E-state index contributed by atoms with van der Waals surface area (Å²) in [6.07, 6.45) is 0. The third-order valence-electron chi connectivity index (χ3n) is 20.1. The molecule has 516 valence electrons. The molecule has 5 nitrogen and oxygen atoms in total. The van der Waals surface area contributed by atoms with Gasteiger partial charge < -0.3 is 24.5 Å². The molecule has 2 aliphatic heterocycles. The molecule has 0 aromatic heterocycles. The fraction of sp³-hybridized carbons (Fsp3) is 0. The maximum absolute atomic E-state index is 10.2. The minimum atomic E-state index is -1.19. The fourth-order valence-corrected chi connectivity index (χ4v) is 15.7. The predicted octanol–water partition coefficient (Wildman–Crippen LogP) is 26.8. The second-order valence-corrected chi connectivity index (χ2v) is 26.0. The molecule has 18 aromatic carbocycles. The highest BCUT2D eigenvalue weighted by Gasteiger charge is 2.46. The summed E-state index contributed by atoms with van der Waals surface area (Å²) in [5.74, 6) is 0. The Labute approximate surface area is 684 Å². The van der Waals surface area contributed by atoms with E-state index in [2.05, 4.69) is 0 Å². The van der Waals surface area contributed by atoms with Gasteiger partial charge in [-0.05, 0) is 163 Å². The molecule has 6 heteroatoms. The number of para-hydroxylation sites is 8. The van der Waals surface area contributed by atoms with Gasteiger partial charge in [-0.15, -0.1) is 0 Å². The van der Waals surface area contributed by atoms with Crippen molar-refractivity contribution in [3.8, 4) is 55.6 Å². The number of nitrogens with zero attached hydrogens (tertiary/aromatic N) is 5. The lowest BCUT2D eigenvalue weighted by Crippen LogP contribution is -2.61. The van der Waals surface area contributed by atoms with Crippen molar-refractivity contribution < 1.29 is 41.1 Å². The lowest BCUT2D eigenvalue weighted by molar-refractivity contribution is 1.22. The Hall–Kier alpha value is -14.5. The van der Waals surface area contributed by atoms with E-state index in [9.17, 15) is 32.9 Å². The summed E-state index contributed by atoms with van der Waals surface area (Å²) < 4.78 is 285. The average Bonchev–Trinajstić information content (AvgIpc) is 0.680. The average molecular weight is 1430 g/mol. The molecule has 0 amide bonds. The van der Waals surface area contributed by atoms with E-state index in [0.717, 1.165) is 14.7 Å². The molecule has 20 rings (SSSR count). The van der Waals surface area contributed by atoms with Gasteiger partial charge in [-0.1, -0.05) is 333 Å². The summed E-state index contributed by atoms with van der Waals surface area (Å²) >= 11 is 0. The van der Waals surface area contributed by atoms with E-state index in [4.69, 9.17) is 8.22 Å². The first-order chi connectivity index (χ1) is 67.1. The zero-order valence-electron chi connectivity index (χ0n) is 88.1. The molecule has 0 radical (unpaired) electrons. The van der Waals surface area contributed by atoms with E-state index < -0.39 is 222 Å². The minimum Gasteiger partial charge on any atom is -0.310 e. The van der Waals surface area contributed by atoms with Crippen LogP contribution in [0, 0.1) is 0 Å². The van der Waals surface area contributed by atoms with E-state index in [1.54, 1.807) is 78.9 Å². The fourth-order valence-electron chi connectivity index (χ4n) is 15.7. The number of anilines is 15. The Morgan fingerprint density at radius 1 is 0.227 bits per heavy atom. The topological polar surface area (TPSA) is 16.2 Å². The smallest absolute Gasteiger partial charge is 0.252 e. The Morgan fingerprint density at radius 2 is 0.527 bits per heavy atom. The molecule has 2 heterocycles. The number of rotatable bonds is 16. The molecule has 110 heavy (non-hydrogen) atoms. The largest absolute Gasteiger partial charge is 0.310 e. The van der Waals surface area contributed by atoms with Gasteiger partial charge in [-0.2, -0.15) is 0 Å². The number of hydrogen-bond donors (Lipinski definition) is 0. The van der Waals surface area contributed by atoms with Crippen molar-refractivity contribution in [2.24, 2.45) is 0 Å². The Kier molecular flexibility index (Phi) is 10.4. The second-order valence-electron chi connectivity index (χ2n) is 26.0. The van der Waals surface area contributed by atoms with Crippen molar-refractivity contribution >= 4 is 130 Å². The van der Waals surface area contributed by atoms with Crippen LogP contribution < -0.4 is 40.9 Å². The SMILES string of the molecule is [2H]c1c([2H])c([2H])c(N(c2ccc3c(c2)N(c2c(-c4ccccc4)cccc2-c2ccccc2)c2cc(N(c4c([2H])c([2H])c([2H])c([2H])c4[2H])c4c([2H])c([2H])c([2H])c([2H])c4[2H])cc4c2B3c2ccc(-c3c5ccccc5c(N(c5c([2H])c([2H])c([2H])c([2H])c5[2H])c5c([2H])c([2H])c([2H])c([2H])c5[2H])c5ccccc35)cc2N4c2c(-c3ccccc3)cccc2-c2ccccc2)c2c([2H])c([2H])c([2H])c([2H])c2[2H])c([2H])c1[2H]. The van der Waals surface area contributed by atoms with E-state index in [-0.39, 0.29) is 44.9 Å². The van der Waals surface area contributed by atoms with Gasteiger partial charge in [0.25, 0.3) is 6.71 Å². The molecular weight excluding hydrogens is 1330 g/mol. The highest BCUT2D eigenvalue weighted by molar-refractivity contribution is 7.00. The number of fused-ring (bicyclic) bond motifs is 6. The first kappa shape index (κ1) is 40.9. The van der Waals surface area contributed by atoms with Gasteiger partial charge in [0.1, 0.15) is 0 Å². The van der Waals surface area contributed by atoms with Gasteiger partial charge in [0, 0.05) is 95.6 Å². The van der Waals surface area contributed by atoms with Gasteiger partial charge >= 0.3 is 0 Å². The van der Waals surface area contributed by atoms with Crippen LogP contribution in [0.25, 0.3) is 77.2 Å². The van der Waals surface area contributed by atoms with E-state index in [0.29, 0.717) is 99.9 Å². The first-order valence-corrected chi connectivity index (χ1v) is 35.4. The molecule has 0 saturated carbocycles. The Balaban J connectivity index is 1.02. The number of benzene rings is 18. The van der Waals surface area contributed by atoms with Crippen LogP contribution in [0.5, 0.6) is 0 Å². The van der Waals surface area contributed by atoms with E-state index in [1.807, 2.05) is 186 Å². The first-order valence-electron chi connectivity index (χ1n) is 50.4. The van der Waals surface area contributed by atoms with Gasteiger partial charge in [0.05, 0.1) is 63.9 Å². The van der Waals surface area contributed by atoms with Crippen LogP contribution in [0.15, 0.2) is 436 Å². The Bertz CT molecular complexity index is 7820. The molecule has 0 atom stereocenters. The van der Waals surface area contributed by atoms with Crippen LogP contribution in [0.1, 0.15) is 41.1 Å². The summed E-state index contributed by atoms with van der Waals surface area (Å²) in [7, 11) is 0. The van der Waals surface area contributed by atoms with E-state index in [1.165, 1.54) is 0 Å². The standard InChI is InChI=1S/C104H72BN5/c1-11-37-73(38-12-1)86-61-35-62-87(74-39-13-2-14-40-74)102(86)109-96-69-77(100-90-57-31-33-59-92(90)104(93-60-34-32-58-91(93)100)108(82-53-27-9-28-54-82)83-55-29-10-30-56-83)65-67-94(96)105-95-68-66-84(106(78-45-19-5-20-46-78)79-47-21-6-22-48-79)70-97(95)110(103-88(75-41-15-3-16-42-75)63-36-64-89(103)76-43-17-4-18-44-76)99-72-85(71-98(109)101(99)105)107(80-49-23-7-24-50-80)81-51-25-8-26-52-81/h1-72H/i5D,6D,7D,8D,9D,10D,19D,20D,21D,22D,23D,24D,25D,26D,27D,28D,29D,30D,45D,46D,47D,48D,49D,50D,51D,52D,53D,54D,55D,56D. The van der Waals surface area contributed by atoms with E-state index >= 15 is 0 Å². The normalized spacial score (nSPS) is 15.8. The van der Waals surface area contributed by atoms with Crippen molar-refractivity contribution in [1.29, 1.82) is 0 Å². The molecule has 18 aromatic rings. The van der Waals surface area contributed by atoms with Crippen LogP contribution in [0.4, 0.5) is 85.3 Å². The third-order valence-corrected chi connectivity index (χ3v) is 20.1. The molecule has 2 aliphatic rings. The summed E-state index contributed by atoms with van der Waals surface area (Å²) in [6, 6.07) is 51.6. The molecule has 0 bridgehead atoms. The van der Waals surface area contributed by atoms with Crippen LogP contribution in [0.3, 0.4) is 0 Å². The highest BCUT2D eigenvalue weighted by atomic mass is 15.2. The highest BCUT2D eigenvalue weighted by Crippen LogP contribution is 2.57. The van der Waals surface area contributed by atoms with Crippen molar-refractivity contribution in [3.63, 3.8) is 0 Å². The van der Waals surface area contributed by atoms with Crippen molar-refractivity contribution in [2.75, 3.05) is 24.5 Å². The maximum atomic E-state index is 10.2. The van der Waals surface area contributed by atoms with Crippen LogP contribution >= 0.6 is 0 Å². The quantitative estimate of drug-likeness (QED) is 0.0706. The zero-order valence-corrected chi connectivity index (χ0v) is 58.1. The summed E-state index contributed by atoms with van der Waals surface area (Å²) in [6.45, 7) is -1.19.